The molecule has 4 rings (SSSR count). The summed E-state index contributed by atoms with van der Waals surface area (Å²) in [4.78, 5) is 12.5. The number of sulfonamides is 1. The van der Waals surface area contributed by atoms with E-state index in [0.29, 0.717) is 18.7 Å². The fourth-order valence-electron chi connectivity index (χ4n) is 3.59. The number of aryl methyl sites for hydroxylation is 1. The first-order valence-corrected chi connectivity index (χ1v) is 12.1. The molecule has 0 saturated carbocycles. The Hall–Kier alpha value is -3.03. The summed E-state index contributed by atoms with van der Waals surface area (Å²) in [7, 11) is -3.91. The van der Waals surface area contributed by atoms with E-state index in [9.17, 15) is 13.2 Å². The molecule has 1 heterocycles. The lowest BCUT2D eigenvalue weighted by Gasteiger charge is -2.20. The molecular formula is C24H23ClN2O4S. The van der Waals surface area contributed by atoms with Crippen LogP contribution in [0.2, 0.25) is 5.02 Å². The monoisotopic (exact) mass is 470 g/mol. The van der Waals surface area contributed by atoms with Gasteiger partial charge in [0.15, 0.2) is 0 Å². The maximum atomic E-state index is 13.3. The van der Waals surface area contributed by atoms with Crippen LogP contribution in [0.25, 0.3) is 0 Å². The highest BCUT2D eigenvalue weighted by Gasteiger charge is 2.32. The lowest BCUT2D eigenvalue weighted by Crippen LogP contribution is -2.30. The van der Waals surface area contributed by atoms with Gasteiger partial charge < -0.3 is 10.1 Å². The summed E-state index contributed by atoms with van der Waals surface area (Å²) in [6.07, 6.45) is 0.633. The maximum Gasteiger partial charge on any atom is 0.265 e. The van der Waals surface area contributed by atoms with Gasteiger partial charge in [-0.1, -0.05) is 47.5 Å². The predicted molar refractivity (Wildman–Crippen MR) is 125 cm³/mol. The average Bonchev–Trinajstić information content (AvgIpc) is 3.23. The predicted octanol–water partition coefficient (Wildman–Crippen LogP) is 4.21. The number of anilines is 1. The molecule has 0 bridgehead atoms. The summed E-state index contributed by atoms with van der Waals surface area (Å²) in [6, 6.07) is 19.3. The van der Waals surface area contributed by atoms with Crippen molar-refractivity contribution in [2.75, 3.05) is 24.0 Å². The van der Waals surface area contributed by atoms with Gasteiger partial charge in [-0.3, -0.25) is 9.10 Å². The molecule has 0 saturated heterocycles. The highest BCUT2D eigenvalue weighted by Crippen LogP contribution is 2.35. The van der Waals surface area contributed by atoms with Crippen molar-refractivity contribution in [1.29, 1.82) is 0 Å². The number of para-hydroxylation sites is 1. The van der Waals surface area contributed by atoms with E-state index in [1.54, 1.807) is 12.1 Å². The Kier molecular flexibility index (Phi) is 6.39. The van der Waals surface area contributed by atoms with E-state index in [1.807, 2.05) is 43.3 Å². The van der Waals surface area contributed by atoms with Crippen LogP contribution in [0.1, 0.15) is 21.5 Å². The van der Waals surface area contributed by atoms with Gasteiger partial charge >= 0.3 is 0 Å². The highest BCUT2D eigenvalue weighted by molar-refractivity contribution is 7.93. The van der Waals surface area contributed by atoms with Crippen LogP contribution < -0.4 is 14.4 Å². The molecule has 0 unspecified atom stereocenters. The zero-order chi connectivity index (χ0) is 22.7. The topological polar surface area (TPSA) is 75.7 Å². The summed E-state index contributed by atoms with van der Waals surface area (Å²) in [5.74, 6) is 0.322. The quantitative estimate of drug-likeness (QED) is 0.525. The molecule has 1 aliphatic heterocycles. The van der Waals surface area contributed by atoms with Crippen molar-refractivity contribution in [2.45, 2.75) is 18.2 Å². The molecule has 0 spiro atoms. The second-order valence-corrected chi connectivity index (χ2v) is 9.76. The number of hydrogen-bond donors (Lipinski definition) is 1. The van der Waals surface area contributed by atoms with Crippen LogP contribution in [-0.4, -0.2) is 34.0 Å². The Morgan fingerprint density at radius 3 is 2.62 bits per heavy atom. The Balaban J connectivity index is 1.45. The van der Waals surface area contributed by atoms with Crippen LogP contribution in [0.3, 0.4) is 0 Å². The molecule has 0 fully saturated rings. The third-order valence-electron chi connectivity index (χ3n) is 5.28. The van der Waals surface area contributed by atoms with Crippen LogP contribution in [0.4, 0.5) is 5.69 Å². The molecule has 3 aromatic rings. The Morgan fingerprint density at radius 1 is 1.09 bits per heavy atom. The Bertz CT molecular complexity index is 1240. The molecule has 32 heavy (non-hydrogen) atoms. The lowest BCUT2D eigenvalue weighted by atomic mass is 10.2. The van der Waals surface area contributed by atoms with Gasteiger partial charge in [-0.05, 0) is 55.3 Å². The van der Waals surface area contributed by atoms with Gasteiger partial charge in [-0.2, -0.15) is 0 Å². The Morgan fingerprint density at radius 2 is 1.84 bits per heavy atom. The number of nitrogens with zero attached hydrogens (tertiary/aromatic N) is 1. The molecular weight excluding hydrogens is 448 g/mol. The average molecular weight is 471 g/mol. The summed E-state index contributed by atoms with van der Waals surface area (Å²) in [6.45, 7) is 2.90. The molecule has 0 aliphatic carbocycles. The SMILES string of the molecule is Cc1ccc(OCCNC(=O)c2ccc(Cl)c(S(=O)(=O)N3CCc4ccccc43)c2)cc1. The first kappa shape index (κ1) is 22.2. The molecule has 0 radical (unpaired) electrons. The maximum absolute atomic E-state index is 13.3. The summed E-state index contributed by atoms with van der Waals surface area (Å²) < 4.78 is 33.6. The number of carbonyl (C=O) groups is 1. The molecule has 0 atom stereocenters. The largest absolute Gasteiger partial charge is 0.492 e. The molecule has 1 N–H and O–H groups in total. The van der Waals surface area contributed by atoms with E-state index >= 15 is 0 Å². The van der Waals surface area contributed by atoms with Gasteiger partial charge in [-0.15, -0.1) is 0 Å². The number of carbonyl (C=O) groups excluding carboxylic acids is 1. The van der Waals surface area contributed by atoms with Crippen molar-refractivity contribution in [2.24, 2.45) is 0 Å². The number of halogens is 1. The molecule has 3 aromatic carbocycles. The van der Waals surface area contributed by atoms with Gasteiger partial charge in [0.2, 0.25) is 0 Å². The van der Waals surface area contributed by atoms with Gasteiger partial charge in [0.05, 0.1) is 17.3 Å². The lowest BCUT2D eigenvalue weighted by molar-refractivity contribution is 0.0947. The normalized spacial score (nSPS) is 13.0. The molecule has 0 aromatic heterocycles. The minimum atomic E-state index is -3.91. The van der Waals surface area contributed by atoms with Crippen molar-refractivity contribution >= 4 is 33.2 Å². The molecule has 8 heteroatoms. The van der Waals surface area contributed by atoms with Crippen molar-refractivity contribution in [1.82, 2.24) is 5.32 Å². The third kappa shape index (κ3) is 4.59. The van der Waals surface area contributed by atoms with Crippen molar-refractivity contribution in [3.05, 3.63) is 88.4 Å². The number of rotatable bonds is 7. The number of ether oxygens (including phenoxy) is 1. The first-order chi connectivity index (χ1) is 15.4. The van der Waals surface area contributed by atoms with Crippen LogP contribution in [0, 0.1) is 6.92 Å². The van der Waals surface area contributed by atoms with Crippen molar-refractivity contribution in [3.8, 4) is 5.75 Å². The highest BCUT2D eigenvalue weighted by atomic mass is 35.5. The number of fused-ring (bicyclic) bond motifs is 1. The van der Waals surface area contributed by atoms with Crippen molar-refractivity contribution < 1.29 is 17.9 Å². The van der Waals surface area contributed by atoms with E-state index in [1.165, 1.54) is 22.5 Å². The second-order valence-electron chi connectivity index (χ2n) is 7.52. The van der Waals surface area contributed by atoms with E-state index in [-0.39, 0.29) is 28.6 Å². The minimum Gasteiger partial charge on any atom is -0.492 e. The van der Waals surface area contributed by atoms with E-state index in [4.69, 9.17) is 16.3 Å². The smallest absolute Gasteiger partial charge is 0.265 e. The minimum absolute atomic E-state index is 0.0774. The third-order valence-corrected chi connectivity index (χ3v) is 7.58. The van der Waals surface area contributed by atoms with Crippen LogP contribution in [0.15, 0.2) is 71.6 Å². The van der Waals surface area contributed by atoms with Gasteiger partial charge in [0.25, 0.3) is 15.9 Å². The molecule has 1 aliphatic rings. The van der Waals surface area contributed by atoms with Gasteiger partial charge in [0.1, 0.15) is 17.3 Å². The second kappa shape index (κ2) is 9.22. The van der Waals surface area contributed by atoms with Crippen LogP contribution in [-0.2, 0) is 16.4 Å². The van der Waals surface area contributed by atoms with Gasteiger partial charge in [-0.25, -0.2) is 8.42 Å². The summed E-state index contributed by atoms with van der Waals surface area (Å²) in [5, 5.41) is 2.83. The van der Waals surface area contributed by atoms with E-state index in [2.05, 4.69) is 5.32 Å². The zero-order valence-electron chi connectivity index (χ0n) is 17.5. The first-order valence-electron chi connectivity index (χ1n) is 10.2. The molecule has 6 nitrogen and oxygen atoms in total. The van der Waals surface area contributed by atoms with Crippen molar-refractivity contribution in [3.63, 3.8) is 0 Å². The molecule has 166 valence electrons. The number of nitrogens with one attached hydrogen (secondary N) is 1. The zero-order valence-corrected chi connectivity index (χ0v) is 19.1. The standard InChI is InChI=1S/C24H23ClN2O4S/c1-17-6-9-20(10-7-17)31-15-13-26-24(28)19-8-11-21(25)23(16-19)32(29,30)27-14-12-18-4-2-3-5-22(18)27/h2-11,16H,12-15H2,1H3,(H,26,28). The summed E-state index contributed by atoms with van der Waals surface area (Å²) >= 11 is 6.24. The fourth-order valence-corrected chi connectivity index (χ4v) is 5.60. The van der Waals surface area contributed by atoms with E-state index in [0.717, 1.165) is 16.9 Å². The van der Waals surface area contributed by atoms with Crippen LogP contribution >= 0.6 is 11.6 Å². The molecule has 1 amide bonds. The number of benzene rings is 3. The fraction of sp³-hybridized carbons (Fsp3) is 0.208. The summed E-state index contributed by atoms with van der Waals surface area (Å²) in [5.41, 5.74) is 2.97. The number of amides is 1. The van der Waals surface area contributed by atoms with E-state index < -0.39 is 15.9 Å². The van der Waals surface area contributed by atoms with Gasteiger partial charge in [0, 0.05) is 12.1 Å². The number of hydrogen-bond acceptors (Lipinski definition) is 4. The van der Waals surface area contributed by atoms with Crippen LogP contribution in [0.5, 0.6) is 5.75 Å². The Labute approximate surface area is 192 Å².